The van der Waals surface area contributed by atoms with Gasteiger partial charge in [-0.3, -0.25) is 0 Å². The normalized spacial score (nSPS) is 10.5. The minimum atomic E-state index is 0.0981. The van der Waals surface area contributed by atoms with Gasteiger partial charge in [0.05, 0.1) is 6.61 Å². The summed E-state index contributed by atoms with van der Waals surface area (Å²) in [5.41, 5.74) is 2.19. The van der Waals surface area contributed by atoms with Crippen LogP contribution in [0.3, 0.4) is 0 Å². The van der Waals surface area contributed by atoms with Crippen LogP contribution in [0.1, 0.15) is 18.1 Å². The lowest BCUT2D eigenvalue weighted by atomic mass is 9.96. The Labute approximate surface area is 92.6 Å². The highest BCUT2D eigenvalue weighted by Gasteiger charge is 2.09. The van der Waals surface area contributed by atoms with Crippen molar-refractivity contribution >= 4 is 28.7 Å². The van der Waals surface area contributed by atoms with Crippen LogP contribution < -0.4 is 0 Å². The number of hydrogen-bond acceptors (Lipinski definition) is 1. The van der Waals surface area contributed by atoms with E-state index in [0.29, 0.717) is 0 Å². The number of hydrogen-bond donors (Lipinski definition) is 1. The van der Waals surface area contributed by atoms with Crippen LogP contribution >= 0.6 is 22.6 Å². The third-order valence-electron chi connectivity index (χ3n) is 1.95. The molecule has 1 aromatic carbocycles. The minimum absolute atomic E-state index is 0.0981. The van der Waals surface area contributed by atoms with Crippen molar-refractivity contribution in [1.29, 1.82) is 0 Å². The molecule has 1 N–H and O–H groups in total. The molecule has 0 saturated carbocycles. The number of aliphatic hydroxyl groups excluding tert-OH is 1. The van der Waals surface area contributed by atoms with Crippen molar-refractivity contribution in [2.45, 2.75) is 6.92 Å². The molecule has 0 aliphatic rings. The first-order valence-corrected chi connectivity index (χ1v) is 5.13. The van der Waals surface area contributed by atoms with Crippen molar-refractivity contribution in [3.63, 3.8) is 0 Å². The predicted molar refractivity (Wildman–Crippen MR) is 64.4 cm³/mol. The summed E-state index contributed by atoms with van der Waals surface area (Å²) in [7, 11) is 0. The Hall–Kier alpha value is -0.350. The summed E-state index contributed by atoms with van der Waals surface area (Å²) in [5, 5.41) is 9.03. The molecule has 0 atom stereocenters. The van der Waals surface area contributed by atoms with Crippen molar-refractivity contribution in [2.75, 3.05) is 6.61 Å². The number of aliphatic hydroxyl groups is 1. The van der Waals surface area contributed by atoms with E-state index in [9.17, 15) is 0 Å². The second-order valence-corrected chi connectivity index (χ2v) is 4.01. The maximum atomic E-state index is 9.03. The lowest BCUT2D eigenvalue weighted by molar-refractivity contribution is 0.315. The summed E-state index contributed by atoms with van der Waals surface area (Å²) in [5.74, 6) is 0.980. The van der Waals surface area contributed by atoms with Crippen LogP contribution in [0.2, 0.25) is 0 Å². The van der Waals surface area contributed by atoms with Gasteiger partial charge >= 0.3 is 0 Å². The first-order chi connectivity index (χ1) is 6.20. The number of benzene rings is 1. The molecule has 1 aromatic rings. The van der Waals surface area contributed by atoms with Crippen molar-refractivity contribution in [2.24, 2.45) is 0 Å². The van der Waals surface area contributed by atoms with Gasteiger partial charge in [0.25, 0.3) is 0 Å². The van der Waals surface area contributed by atoms with E-state index in [1.165, 1.54) is 0 Å². The number of halogens is 1. The van der Waals surface area contributed by atoms with Gasteiger partial charge in [-0.15, -0.1) is 0 Å². The van der Waals surface area contributed by atoms with Gasteiger partial charge in [-0.2, -0.15) is 0 Å². The standard InChI is InChI=1S/C11H12IO/c1-3-9-10(8(2)7-13)5-4-6-11(9)12/h3-6,13H,1,7H2,2H3. The molecule has 0 heterocycles. The second-order valence-electron chi connectivity index (χ2n) is 2.84. The second kappa shape index (κ2) is 4.77. The molecule has 2 heteroatoms. The SMILES string of the molecule is C=Cc1c(I)cccc1[C](C)CO. The van der Waals surface area contributed by atoms with Crippen LogP contribution in [-0.2, 0) is 0 Å². The van der Waals surface area contributed by atoms with Gasteiger partial charge in [-0.1, -0.05) is 31.7 Å². The van der Waals surface area contributed by atoms with E-state index in [4.69, 9.17) is 5.11 Å². The zero-order valence-electron chi connectivity index (χ0n) is 7.55. The quantitative estimate of drug-likeness (QED) is 0.848. The van der Waals surface area contributed by atoms with E-state index in [1.807, 2.05) is 31.2 Å². The maximum absolute atomic E-state index is 9.03. The average molecular weight is 287 g/mol. The summed E-state index contributed by atoms with van der Waals surface area (Å²) >= 11 is 2.27. The van der Waals surface area contributed by atoms with Crippen LogP contribution in [0, 0.1) is 9.49 Å². The summed E-state index contributed by atoms with van der Waals surface area (Å²) < 4.78 is 1.16. The molecule has 1 radical (unpaired) electrons. The van der Waals surface area contributed by atoms with Gasteiger partial charge in [0.2, 0.25) is 0 Å². The molecule has 13 heavy (non-hydrogen) atoms. The first kappa shape index (κ1) is 10.7. The van der Waals surface area contributed by atoms with Crippen molar-refractivity contribution in [3.8, 4) is 0 Å². The third-order valence-corrected chi connectivity index (χ3v) is 2.89. The van der Waals surface area contributed by atoms with Gasteiger partial charge in [0.1, 0.15) is 0 Å². The Morgan fingerprint density at radius 2 is 2.31 bits per heavy atom. The largest absolute Gasteiger partial charge is 0.395 e. The van der Waals surface area contributed by atoms with Crippen LogP contribution in [0.15, 0.2) is 24.8 Å². The van der Waals surface area contributed by atoms with Gasteiger partial charge in [-0.25, -0.2) is 0 Å². The van der Waals surface area contributed by atoms with E-state index in [1.54, 1.807) is 0 Å². The van der Waals surface area contributed by atoms with E-state index < -0.39 is 0 Å². The average Bonchev–Trinajstić information content (AvgIpc) is 2.16. The Morgan fingerprint density at radius 1 is 1.62 bits per heavy atom. The summed E-state index contributed by atoms with van der Waals surface area (Å²) in [6.07, 6.45) is 1.83. The summed E-state index contributed by atoms with van der Waals surface area (Å²) in [6, 6.07) is 6.03. The van der Waals surface area contributed by atoms with E-state index in [0.717, 1.165) is 20.6 Å². The van der Waals surface area contributed by atoms with Gasteiger partial charge < -0.3 is 5.11 Å². The van der Waals surface area contributed by atoms with Crippen LogP contribution in [-0.4, -0.2) is 11.7 Å². The molecule has 0 aliphatic carbocycles. The smallest absolute Gasteiger partial charge is 0.0534 e. The molecule has 1 nitrogen and oxygen atoms in total. The zero-order chi connectivity index (χ0) is 9.84. The monoisotopic (exact) mass is 287 g/mol. The molecule has 0 aromatic heterocycles. The fourth-order valence-electron chi connectivity index (χ4n) is 1.20. The third kappa shape index (κ3) is 2.31. The molecule has 69 valence electrons. The molecule has 0 unspecified atom stereocenters. The zero-order valence-corrected chi connectivity index (χ0v) is 9.71. The van der Waals surface area contributed by atoms with E-state index in [2.05, 4.69) is 29.2 Å². The highest BCUT2D eigenvalue weighted by molar-refractivity contribution is 14.1. The topological polar surface area (TPSA) is 20.2 Å². The lowest BCUT2D eigenvalue weighted by Gasteiger charge is -2.12. The summed E-state index contributed by atoms with van der Waals surface area (Å²) in [4.78, 5) is 0. The fourth-order valence-corrected chi connectivity index (χ4v) is 1.92. The molecule has 1 rings (SSSR count). The molecule has 0 bridgehead atoms. The van der Waals surface area contributed by atoms with Crippen LogP contribution in [0.4, 0.5) is 0 Å². The van der Waals surface area contributed by atoms with E-state index >= 15 is 0 Å². The Bertz CT molecular complexity index is 307. The highest BCUT2D eigenvalue weighted by atomic mass is 127. The van der Waals surface area contributed by atoms with Crippen molar-refractivity contribution < 1.29 is 5.11 Å². The molecule has 0 aliphatic heterocycles. The van der Waals surface area contributed by atoms with Crippen molar-refractivity contribution in [3.05, 3.63) is 45.4 Å². The Kier molecular flexibility index (Phi) is 3.93. The fraction of sp³-hybridized carbons (Fsp3) is 0.182. The predicted octanol–water partition coefficient (Wildman–Crippen LogP) is 2.87. The van der Waals surface area contributed by atoms with Gasteiger partial charge in [0, 0.05) is 9.49 Å². The summed E-state index contributed by atoms with van der Waals surface area (Å²) in [6.45, 7) is 5.80. The Morgan fingerprint density at radius 3 is 2.85 bits per heavy atom. The number of rotatable bonds is 3. The first-order valence-electron chi connectivity index (χ1n) is 4.05. The highest BCUT2D eigenvalue weighted by Crippen LogP contribution is 2.24. The molecule has 0 spiro atoms. The molecular formula is C11H12IO. The van der Waals surface area contributed by atoms with Crippen molar-refractivity contribution in [1.82, 2.24) is 0 Å². The molecule has 0 saturated heterocycles. The Balaban J connectivity index is 3.19. The maximum Gasteiger partial charge on any atom is 0.0534 e. The van der Waals surface area contributed by atoms with Gasteiger partial charge in [0.15, 0.2) is 0 Å². The van der Waals surface area contributed by atoms with Crippen LogP contribution in [0.5, 0.6) is 0 Å². The molecule has 0 amide bonds. The van der Waals surface area contributed by atoms with Gasteiger partial charge in [-0.05, 0) is 39.8 Å². The molecule has 0 fully saturated rings. The molecular weight excluding hydrogens is 275 g/mol. The lowest BCUT2D eigenvalue weighted by Crippen LogP contribution is -2.03. The van der Waals surface area contributed by atoms with Crippen LogP contribution in [0.25, 0.3) is 6.08 Å². The minimum Gasteiger partial charge on any atom is -0.395 e. The van der Waals surface area contributed by atoms with E-state index in [-0.39, 0.29) is 6.61 Å².